The number of hydrogen-bond donors (Lipinski definition) is 0. The number of hydrogen-bond acceptors (Lipinski definition) is 2. The molecule has 0 spiro atoms. The van der Waals surface area contributed by atoms with Crippen LogP contribution in [-0.4, -0.2) is 4.57 Å². The molecule has 2 aromatic heterocycles. The number of rotatable bonds is 7. The van der Waals surface area contributed by atoms with Gasteiger partial charge in [0, 0.05) is 44.2 Å². The Balaban J connectivity index is 0.881. The van der Waals surface area contributed by atoms with Gasteiger partial charge in [0.15, 0.2) is 0 Å². The lowest BCUT2D eigenvalue weighted by Crippen LogP contribution is -2.11. The topological polar surface area (TPSA) is 21.3 Å². The van der Waals surface area contributed by atoms with Crippen LogP contribution in [0.5, 0.6) is 0 Å². The van der Waals surface area contributed by atoms with Crippen LogP contribution in [0.15, 0.2) is 259 Å². The Morgan fingerprint density at radius 2 is 0.768 bits per heavy atom. The average Bonchev–Trinajstić information content (AvgIpc) is 3.98. The van der Waals surface area contributed by atoms with Gasteiger partial charge >= 0.3 is 0 Å². The van der Waals surface area contributed by atoms with E-state index >= 15 is 0 Å². The van der Waals surface area contributed by atoms with Gasteiger partial charge in [0.2, 0.25) is 0 Å². The van der Waals surface area contributed by atoms with Crippen molar-refractivity contribution in [1.29, 1.82) is 0 Å². The van der Waals surface area contributed by atoms with Gasteiger partial charge in [-0.1, -0.05) is 188 Å². The van der Waals surface area contributed by atoms with Gasteiger partial charge in [0.1, 0.15) is 11.2 Å². The third-order valence-electron chi connectivity index (χ3n) is 14.2. The molecule has 0 saturated heterocycles. The summed E-state index contributed by atoms with van der Waals surface area (Å²) in [6, 6.07) is 92.5. The van der Waals surface area contributed by atoms with Gasteiger partial charge in [-0.15, -0.1) is 0 Å². The second kappa shape index (κ2) is 15.7. The van der Waals surface area contributed by atoms with Gasteiger partial charge in [-0.05, 0) is 127 Å². The van der Waals surface area contributed by atoms with E-state index < -0.39 is 0 Å². The van der Waals surface area contributed by atoms with Gasteiger partial charge in [0.25, 0.3) is 0 Å². The van der Waals surface area contributed by atoms with Crippen LogP contribution in [0.25, 0.3) is 115 Å². The monoisotopic (exact) mass is 878 g/mol. The molecule has 0 saturated carbocycles. The van der Waals surface area contributed by atoms with Crippen molar-refractivity contribution in [2.75, 3.05) is 4.90 Å². The van der Waals surface area contributed by atoms with Crippen molar-refractivity contribution >= 4 is 93.1 Å². The van der Waals surface area contributed by atoms with Crippen molar-refractivity contribution in [2.24, 2.45) is 0 Å². The maximum atomic E-state index is 6.43. The molecule has 0 radical (unpaired) electrons. The maximum Gasteiger partial charge on any atom is 0.136 e. The predicted octanol–water partition coefficient (Wildman–Crippen LogP) is 18.6. The Kier molecular flexibility index (Phi) is 8.90. The second-order valence-electron chi connectivity index (χ2n) is 18.0. The number of anilines is 3. The Morgan fingerprint density at radius 3 is 1.45 bits per heavy atom. The zero-order valence-electron chi connectivity index (χ0n) is 37.6. The summed E-state index contributed by atoms with van der Waals surface area (Å²) in [5.74, 6) is 0. The molecule has 0 bridgehead atoms. The van der Waals surface area contributed by atoms with Crippen molar-refractivity contribution in [3.05, 3.63) is 255 Å². The highest BCUT2D eigenvalue weighted by molar-refractivity contribution is 6.26. The summed E-state index contributed by atoms with van der Waals surface area (Å²) in [6.07, 6.45) is 0. The molecule has 0 amide bonds. The molecule has 322 valence electrons. The van der Waals surface area contributed by atoms with Crippen molar-refractivity contribution in [3.63, 3.8) is 0 Å². The highest BCUT2D eigenvalue weighted by Crippen LogP contribution is 2.47. The van der Waals surface area contributed by atoms with E-state index in [0.29, 0.717) is 0 Å². The van der Waals surface area contributed by atoms with E-state index in [1.54, 1.807) is 0 Å². The molecule has 0 atom stereocenters. The summed E-state index contributed by atoms with van der Waals surface area (Å²) >= 11 is 0. The molecule has 14 rings (SSSR count). The molecule has 0 N–H and O–H groups in total. The number of aromatic nitrogens is 1. The Bertz CT molecular complexity index is 4220. The Morgan fingerprint density at radius 1 is 0.290 bits per heavy atom. The van der Waals surface area contributed by atoms with E-state index in [1.807, 2.05) is 6.07 Å². The lowest BCUT2D eigenvalue weighted by Gasteiger charge is -2.29. The summed E-state index contributed by atoms with van der Waals surface area (Å²) in [7, 11) is 0. The first-order valence-corrected chi connectivity index (χ1v) is 23.7. The van der Waals surface area contributed by atoms with E-state index in [0.717, 1.165) is 61.4 Å². The first-order chi connectivity index (χ1) is 34.2. The standard InChI is InChI=1S/C66H42N2O/c1-2-19-52-50(17-1)51-18-3-4-20-53(51)60-42-49(39-40-54(52)60)67(61-26-9-7-23-57(61)58-25-14-30-65-66(58)59-24-8-12-29-64(59)69-65)47-37-35-44(36-38-47)43-31-33-45(34-32-43)46-15-13-16-48(41-46)68-62-27-10-5-21-55(62)56-22-6-11-28-63(56)68/h1-42H. The number of furan rings is 1. The molecule has 0 fully saturated rings. The number of para-hydroxylation sites is 4. The summed E-state index contributed by atoms with van der Waals surface area (Å²) in [5.41, 5.74) is 15.5. The number of benzene rings is 12. The van der Waals surface area contributed by atoms with Crippen LogP contribution in [-0.2, 0) is 0 Å². The molecule has 12 aromatic carbocycles. The van der Waals surface area contributed by atoms with Crippen molar-refractivity contribution < 1.29 is 4.42 Å². The zero-order valence-corrected chi connectivity index (χ0v) is 37.6. The molecule has 3 nitrogen and oxygen atoms in total. The minimum absolute atomic E-state index is 0.880. The van der Waals surface area contributed by atoms with Crippen LogP contribution in [0.3, 0.4) is 0 Å². The smallest absolute Gasteiger partial charge is 0.136 e. The molecular formula is C66H42N2O. The summed E-state index contributed by atoms with van der Waals surface area (Å²) in [5, 5.41) is 12.3. The van der Waals surface area contributed by atoms with E-state index in [2.05, 4.69) is 258 Å². The highest BCUT2D eigenvalue weighted by Gasteiger charge is 2.22. The Labute approximate surface area is 399 Å². The highest BCUT2D eigenvalue weighted by atomic mass is 16.3. The summed E-state index contributed by atoms with van der Waals surface area (Å²) in [6.45, 7) is 0. The number of fused-ring (bicyclic) bond motifs is 12. The van der Waals surface area contributed by atoms with E-state index in [4.69, 9.17) is 4.42 Å². The fourth-order valence-electron chi connectivity index (χ4n) is 11.0. The van der Waals surface area contributed by atoms with Crippen molar-refractivity contribution in [2.45, 2.75) is 0 Å². The molecule has 0 aliphatic heterocycles. The van der Waals surface area contributed by atoms with E-state index in [-0.39, 0.29) is 0 Å². The van der Waals surface area contributed by atoms with Gasteiger partial charge < -0.3 is 13.9 Å². The largest absolute Gasteiger partial charge is 0.456 e. The third kappa shape index (κ3) is 6.29. The first kappa shape index (κ1) is 39.0. The zero-order chi connectivity index (χ0) is 45.4. The fourth-order valence-corrected chi connectivity index (χ4v) is 11.0. The SMILES string of the molecule is c1cc(-c2ccc(-c3ccc(N(c4ccc5c6ccccc6c6ccccc6c5c4)c4ccccc4-c4cccc5oc6ccccc6c45)cc3)cc2)cc(-n2c3ccccc3c3ccccc32)c1. The predicted molar refractivity (Wildman–Crippen MR) is 292 cm³/mol. The van der Waals surface area contributed by atoms with E-state index in [9.17, 15) is 0 Å². The molecule has 3 heteroatoms. The molecule has 0 unspecified atom stereocenters. The minimum atomic E-state index is 0.880. The van der Waals surface area contributed by atoms with Crippen LogP contribution in [0, 0.1) is 0 Å². The van der Waals surface area contributed by atoms with Gasteiger partial charge in [-0.2, -0.15) is 0 Å². The van der Waals surface area contributed by atoms with Crippen molar-refractivity contribution in [3.8, 4) is 39.1 Å². The molecular weight excluding hydrogens is 837 g/mol. The first-order valence-electron chi connectivity index (χ1n) is 23.7. The van der Waals surface area contributed by atoms with Gasteiger partial charge in [0.05, 0.1) is 16.7 Å². The summed E-state index contributed by atoms with van der Waals surface area (Å²) in [4.78, 5) is 2.43. The van der Waals surface area contributed by atoms with Crippen LogP contribution in [0.2, 0.25) is 0 Å². The Hall–Kier alpha value is -9.18. The van der Waals surface area contributed by atoms with Crippen LogP contribution in [0.1, 0.15) is 0 Å². The van der Waals surface area contributed by atoms with Crippen molar-refractivity contribution in [1.82, 2.24) is 4.57 Å². The fraction of sp³-hybridized carbons (Fsp3) is 0. The van der Waals surface area contributed by atoms with E-state index in [1.165, 1.54) is 70.8 Å². The molecule has 0 aliphatic rings. The summed E-state index contributed by atoms with van der Waals surface area (Å²) < 4.78 is 8.81. The van der Waals surface area contributed by atoms with Gasteiger partial charge in [-0.25, -0.2) is 0 Å². The third-order valence-corrected chi connectivity index (χ3v) is 14.2. The normalized spacial score (nSPS) is 11.8. The lowest BCUT2D eigenvalue weighted by atomic mass is 9.93. The van der Waals surface area contributed by atoms with Gasteiger partial charge in [-0.3, -0.25) is 0 Å². The minimum Gasteiger partial charge on any atom is -0.456 e. The van der Waals surface area contributed by atoms with Crippen LogP contribution in [0.4, 0.5) is 17.1 Å². The average molecular weight is 879 g/mol. The number of nitrogens with zero attached hydrogens (tertiary/aromatic N) is 2. The quantitative estimate of drug-likeness (QED) is 0.149. The van der Waals surface area contributed by atoms with Crippen LogP contribution >= 0.6 is 0 Å². The maximum absolute atomic E-state index is 6.43. The molecule has 2 heterocycles. The van der Waals surface area contributed by atoms with Crippen LogP contribution < -0.4 is 4.90 Å². The molecule has 69 heavy (non-hydrogen) atoms. The second-order valence-corrected chi connectivity index (χ2v) is 18.0. The molecule has 0 aliphatic carbocycles. The lowest BCUT2D eigenvalue weighted by molar-refractivity contribution is 0.669. The molecule has 14 aromatic rings.